The maximum atomic E-state index is 12.5. The first-order valence-corrected chi connectivity index (χ1v) is 9.15. The Morgan fingerprint density at radius 3 is 2.23 bits per heavy atom. The van der Waals surface area contributed by atoms with Crippen molar-refractivity contribution in [3.63, 3.8) is 0 Å². The molecular formula is C18H17N3O4S. The fourth-order valence-corrected chi connectivity index (χ4v) is 3.48. The van der Waals surface area contributed by atoms with Crippen LogP contribution in [0, 0.1) is 0 Å². The van der Waals surface area contributed by atoms with Crippen LogP contribution in [0.15, 0.2) is 71.8 Å². The highest BCUT2D eigenvalue weighted by atomic mass is 32.2. The fourth-order valence-electron chi connectivity index (χ4n) is 2.36. The van der Waals surface area contributed by atoms with Crippen LogP contribution >= 0.6 is 0 Å². The molecule has 1 heterocycles. The van der Waals surface area contributed by atoms with Crippen LogP contribution in [0.1, 0.15) is 10.5 Å². The summed E-state index contributed by atoms with van der Waals surface area (Å²) in [4.78, 5) is 11.2. The third-order valence-electron chi connectivity index (χ3n) is 3.63. The maximum absolute atomic E-state index is 12.5. The van der Waals surface area contributed by atoms with Crippen LogP contribution in [0.25, 0.3) is 0 Å². The van der Waals surface area contributed by atoms with Gasteiger partial charge in [0, 0.05) is 18.9 Å². The van der Waals surface area contributed by atoms with Crippen LogP contribution in [0.5, 0.6) is 11.5 Å². The summed E-state index contributed by atoms with van der Waals surface area (Å²) in [6, 6.07) is 17.0. The number of nitrogens with zero attached hydrogens (tertiary/aromatic N) is 1. The van der Waals surface area contributed by atoms with Crippen molar-refractivity contribution in [1.29, 1.82) is 0 Å². The molecule has 8 heteroatoms. The first-order chi connectivity index (χ1) is 12.3. The van der Waals surface area contributed by atoms with E-state index < -0.39 is 15.9 Å². The van der Waals surface area contributed by atoms with Crippen LogP contribution in [-0.4, -0.2) is 18.9 Å². The lowest BCUT2D eigenvalue weighted by Crippen LogP contribution is -2.14. The minimum absolute atomic E-state index is 0.0431. The molecule has 26 heavy (non-hydrogen) atoms. The summed E-state index contributed by atoms with van der Waals surface area (Å²) in [5, 5.41) is 0. The Morgan fingerprint density at radius 2 is 1.65 bits per heavy atom. The largest absolute Gasteiger partial charge is 0.457 e. The van der Waals surface area contributed by atoms with Gasteiger partial charge in [-0.25, -0.2) is 8.42 Å². The number of hydrogen-bond donors (Lipinski definition) is 2. The van der Waals surface area contributed by atoms with Gasteiger partial charge in [-0.2, -0.15) is 0 Å². The van der Waals surface area contributed by atoms with Crippen molar-refractivity contribution in [2.24, 2.45) is 12.8 Å². The second-order valence-electron chi connectivity index (χ2n) is 5.58. The van der Waals surface area contributed by atoms with E-state index in [2.05, 4.69) is 4.72 Å². The quantitative estimate of drug-likeness (QED) is 0.695. The predicted octanol–water partition coefficient (Wildman–Crippen LogP) is 2.72. The molecule has 3 aromatic rings. The molecule has 0 aliphatic rings. The molecule has 134 valence electrons. The van der Waals surface area contributed by atoms with Gasteiger partial charge in [-0.05, 0) is 42.5 Å². The van der Waals surface area contributed by atoms with Crippen LogP contribution in [0.3, 0.4) is 0 Å². The van der Waals surface area contributed by atoms with E-state index in [1.165, 1.54) is 16.8 Å². The molecule has 1 amide bonds. The lowest BCUT2D eigenvalue weighted by molar-refractivity contribution is 0.0992. The summed E-state index contributed by atoms with van der Waals surface area (Å²) < 4.78 is 34.4. The lowest BCUT2D eigenvalue weighted by Gasteiger charge is -2.08. The Hall–Kier alpha value is -3.26. The van der Waals surface area contributed by atoms with Crippen LogP contribution in [0.4, 0.5) is 5.69 Å². The number of primary amides is 1. The zero-order valence-corrected chi connectivity index (χ0v) is 14.7. The molecule has 0 spiro atoms. The molecule has 3 N–H and O–H groups in total. The molecule has 7 nitrogen and oxygen atoms in total. The number of sulfonamides is 1. The van der Waals surface area contributed by atoms with Gasteiger partial charge in [-0.1, -0.05) is 18.2 Å². The number of aromatic nitrogens is 1. The summed E-state index contributed by atoms with van der Waals surface area (Å²) in [5.41, 5.74) is 5.69. The summed E-state index contributed by atoms with van der Waals surface area (Å²) in [6.07, 6.45) is 1.33. The number of anilines is 1. The third-order valence-corrected chi connectivity index (χ3v) is 4.98. The summed E-state index contributed by atoms with van der Waals surface area (Å²) in [6.45, 7) is 0. The van der Waals surface area contributed by atoms with Crippen molar-refractivity contribution in [3.05, 3.63) is 72.6 Å². The van der Waals surface area contributed by atoms with E-state index in [0.29, 0.717) is 17.2 Å². The first kappa shape index (κ1) is 17.6. The zero-order chi connectivity index (χ0) is 18.7. The summed E-state index contributed by atoms with van der Waals surface area (Å²) in [5.74, 6) is 0.565. The smallest absolute Gasteiger partial charge is 0.265 e. The molecule has 0 atom stereocenters. The van der Waals surface area contributed by atoms with Crippen molar-refractivity contribution in [2.45, 2.75) is 4.90 Å². The van der Waals surface area contributed by atoms with Crippen molar-refractivity contribution in [1.82, 2.24) is 4.57 Å². The first-order valence-electron chi connectivity index (χ1n) is 7.67. The number of nitrogens with two attached hydrogens (primary N) is 1. The second-order valence-corrected chi connectivity index (χ2v) is 7.26. The monoisotopic (exact) mass is 371 g/mol. The number of hydrogen-bond acceptors (Lipinski definition) is 4. The predicted molar refractivity (Wildman–Crippen MR) is 97.7 cm³/mol. The average molecular weight is 371 g/mol. The molecule has 2 aromatic carbocycles. The number of rotatable bonds is 6. The highest BCUT2D eigenvalue weighted by molar-refractivity contribution is 7.92. The Labute approximate surface area is 151 Å². The standard InChI is InChI=1S/C18H17N3O4S/c1-21-12-16(11-17(21)18(19)22)26(23,24)20-13-7-9-15(10-8-13)25-14-5-3-2-4-6-14/h2-12,20H,1H3,(H2,19,22). The molecule has 0 saturated carbocycles. The minimum Gasteiger partial charge on any atom is -0.457 e. The van der Waals surface area contributed by atoms with Crippen LogP contribution in [0.2, 0.25) is 0 Å². The van der Waals surface area contributed by atoms with E-state index in [9.17, 15) is 13.2 Å². The van der Waals surface area contributed by atoms with Gasteiger partial charge < -0.3 is 15.0 Å². The normalized spacial score (nSPS) is 11.1. The van der Waals surface area contributed by atoms with Gasteiger partial charge in [0.05, 0.1) is 0 Å². The number of nitrogens with one attached hydrogen (secondary N) is 1. The number of carbonyl (C=O) groups is 1. The van der Waals surface area contributed by atoms with E-state index in [-0.39, 0.29) is 10.6 Å². The molecule has 0 saturated heterocycles. The molecule has 1 aromatic heterocycles. The number of ether oxygens (including phenoxy) is 1. The highest BCUT2D eigenvalue weighted by Crippen LogP contribution is 2.24. The van der Waals surface area contributed by atoms with E-state index >= 15 is 0 Å². The Kier molecular flexibility index (Phi) is 4.68. The molecule has 0 unspecified atom stereocenters. The van der Waals surface area contributed by atoms with E-state index in [0.717, 1.165) is 0 Å². The van der Waals surface area contributed by atoms with Gasteiger partial charge in [-0.15, -0.1) is 0 Å². The van der Waals surface area contributed by atoms with Crippen LogP contribution < -0.4 is 15.2 Å². The van der Waals surface area contributed by atoms with Crippen molar-refractivity contribution in [2.75, 3.05) is 4.72 Å². The summed E-state index contributed by atoms with van der Waals surface area (Å²) in [7, 11) is -2.29. The molecule has 0 fully saturated rings. The molecule has 0 radical (unpaired) electrons. The molecule has 3 rings (SSSR count). The highest BCUT2D eigenvalue weighted by Gasteiger charge is 2.19. The Morgan fingerprint density at radius 1 is 1.04 bits per heavy atom. The van der Waals surface area contributed by atoms with E-state index in [1.807, 2.05) is 30.3 Å². The topological polar surface area (TPSA) is 103 Å². The van der Waals surface area contributed by atoms with E-state index in [1.54, 1.807) is 31.3 Å². The number of aryl methyl sites for hydroxylation is 1. The lowest BCUT2D eigenvalue weighted by atomic mass is 10.3. The molecule has 0 bridgehead atoms. The minimum atomic E-state index is -3.84. The van der Waals surface area contributed by atoms with Gasteiger partial charge in [0.25, 0.3) is 15.9 Å². The van der Waals surface area contributed by atoms with Crippen molar-refractivity contribution >= 4 is 21.6 Å². The summed E-state index contributed by atoms with van der Waals surface area (Å²) >= 11 is 0. The van der Waals surface area contributed by atoms with Gasteiger partial charge in [-0.3, -0.25) is 9.52 Å². The number of carbonyl (C=O) groups excluding carboxylic acids is 1. The molecule has 0 aliphatic heterocycles. The number of benzene rings is 2. The zero-order valence-electron chi connectivity index (χ0n) is 13.9. The Bertz CT molecular complexity index is 1030. The fraction of sp³-hybridized carbons (Fsp3) is 0.0556. The van der Waals surface area contributed by atoms with Gasteiger partial charge in [0.2, 0.25) is 0 Å². The Balaban J connectivity index is 1.76. The molecule has 0 aliphatic carbocycles. The molecular weight excluding hydrogens is 354 g/mol. The van der Waals surface area contributed by atoms with Crippen LogP contribution in [-0.2, 0) is 17.1 Å². The van der Waals surface area contributed by atoms with Gasteiger partial charge >= 0.3 is 0 Å². The van der Waals surface area contributed by atoms with Gasteiger partial charge in [0.15, 0.2) is 0 Å². The number of para-hydroxylation sites is 1. The van der Waals surface area contributed by atoms with Crippen molar-refractivity contribution in [3.8, 4) is 11.5 Å². The maximum Gasteiger partial charge on any atom is 0.265 e. The van der Waals surface area contributed by atoms with Crippen molar-refractivity contribution < 1.29 is 17.9 Å². The second kappa shape index (κ2) is 6.93. The van der Waals surface area contributed by atoms with E-state index in [4.69, 9.17) is 10.5 Å². The SMILES string of the molecule is Cn1cc(S(=O)(=O)Nc2ccc(Oc3ccccc3)cc2)cc1C(N)=O. The third kappa shape index (κ3) is 3.86. The number of amides is 1. The average Bonchev–Trinajstić information content (AvgIpc) is 3.00. The van der Waals surface area contributed by atoms with Gasteiger partial charge in [0.1, 0.15) is 22.1 Å².